The zero-order chi connectivity index (χ0) is 39.8. The van der Waals surface area contributed by atoms with Crippen LogP contribution in [0.5, 0.6) is 5.75 Å². The van der Waals surface area contributed by atoms with Gasteiger partial charge in [-0.3, -0.25) is 14.8 Å². The molecule has 1 atom stereocenters. The minimum Gasteiger partial charge on any atom is -0.442 e. The summed E-state index contributed by atoms with van der Waals surface area (Å²) in [5, 5.41) is 8.26. The Morgan fingerprint density at radius 2 is 1.67 bits per heavy atom. The van der Waals surface area contributed by atoms with E-state index in [1.54, 1.807) is 35.3 Å². The molecule has 0 unspecified atom stereocenters. The van der Waals surface area contributed by atoms with Gasteiger partial charge in [0.2, 0.25) is 0 Å². The summed E-state index contributed by atoms with van der Waals surface area (Å²) in [6.45, 7) is 5.15. The first kappa shape index (κ1) is 37.9. The molecular weight excluding hydrogens is 771 g/mol. The summed E-state index contributed by atoms with van der Waals surface area (Å²) >= 11 is 5.97. The highest BCUT2D eigenvalue weighted by atomic mass is 35.5. The number of hydrogen-bond donors (Lipinski definition) is 0. The number of aromatic nitrogens is 5. The fraction of sp³-hybridized carbons (Fsp3) is 0.250. The summed E-state index contributed by atoms with van der Waals surface area (Å²) < 4.78 is 81.8. The van der Waals surface area contributed by atoms with Crippen LogP contribution in [0.1, 0.15) is 11.3 Å². The molecule has 17 heteroatoms. The second-order valence-electron chi connectivity index (χ2n) is 13.7. The molecule has 0 aliphatic carbocycles. The summed E-state index contributed by atoms with van der Waals surface area (Å²) in [5.74, 6) is -1.43. The monoisotopic (exact) mass is 804 g/mol. The maximum Gasteiger partial charge on any atom is 0.573 e. The number of cyclic esters (lactones) is 1. The van der Waals surface area contributed by atoms with E-state index in [-0.39, 0.29) is 23.9 Å². The lowest BCUT2D eigenvalue weighted by molar-refractivity contribution is -0.274. The molecule has 3 aromatic carbocycles. The number of alkyl halides is 3. The number of rotatable bonds is 10. The number of carbonyl (C=O) groups excluding carboxylic acids is 1. The molecule has 2 aliphatic rings. The van der Waals surface area contributed by atoms with Gasteiger partial charge in [-0.25, -0.2) is 18.3 Å². The number of pyridine rings is 1. The van der Waals surface area contributed by atoms with E-state index in [2.05, 4.69) is 24.9 Å². The number of hydrogen-bond acceptors (Lipinski definition) is 8. The summed E-state index contributed by atoms with van der Waals surface area (Å²) in [6.07, 6.45) is -2.53. The first-order valence-electron chi connectivity index (χ1n) is 18.0. The molecule has 11 nitrogen and oxygen atoms in total. The Bertz CT molecular complexity index is 2400. The summed E-state index contributed by atoms with van der Waals surface area (Å²) in [4.78, 5) is 22.7. The molecule has 0 radical (unpaired) electrons. The van der Waals surface area contributed by atoms with E-state index in [0.717, 1.165) is 11.3 Å². The molecule has 2 saturated heterocycles. The summed E-state index contributed by atoms with van der Waals surface area (Å²) in [5.41, 5.74) is 5.53. The van der Waals surface area contributed by atoms with E-state index in [1.165, 1.54) is 47.4 Å². The highest BCUT2D eigenvalue weighted by molar-refractivity contribution is 6.30. The lowest BCUT2D eigenvalue weighted by Crippen LogP contribution is -2.46. The van der Waals surface area contributed by atoms with Gasteiger partial charge in [-0.05, 0) is 85.3 Å². The molecule has 1 amide bonds. The van der Waals surface area contributed by atoms with E-state index in [4.69, 9.17) is 16.3 Å². The van der Waals surface area contributed by atoms with Crippen molar-refractivity contribution in [3.05, 3.63) is 125 Å². The number of benzene rings is 3. The van der Waals surface area contributed by atoms with Gasteiger partial charge < -0.3 is 18.9 Å². The second-order valence-corrected chi connectivity index (χ2v) is 14.1. The highest BCUT2D eigenvalue weighted by Gasteiger charge is 2.34. The van der Waals surface area contributed by atoms with E-state index < -0.39 is 30.2 Å². The number of nitrogens with zero attached hydrogens (tertiary/aromatic N) is 8. The Labute approximate surface area is 328 Å². The van der Waals surface area contributed by atoms with Gasteiger partial charge in [-0.15, -0.1) is 18.3 Å². The largest absolute Gasteiger partial charge is 0.573 e. The Hall–Kier alpha value is -6.00. The Balaban J connectivity index is 0.925. The second kappa shape index (κ2) is 15.5. The molecule has 0 saturated carbocycles. The standard InChI is InChI=1S/C40H34ClF5N8O3/c1-25-27(19-38(26-5-11-32(41)33(42)18-26)54(25)28-6-9-30(10-7-28)57-40(44,45)46)21-50-14-16-51(17-15-50)37-12-8-29(20-34(37)43)53-23-31(56-39(53)55)22-52-24-36(48-49-52)35-4-2-3-13-47-35/h2-13,18-20,24,31H,14-17,21-23H2,1H3/t31-/m0/s1. The van der Waals surface area contributed by atoms with Gasteiger partial charge in [0, 0.05) is 55.9 Å². The van der Waals surface area contributed by atoms with Crippen LogP contribution in [0.3, 0.4) is 0 Å². The molecule has 0 N–H and O–H groups in total. The van der Waals surface area contributed by atoms with Crippen molar-refractivity contribution in [1.29, 1.82) is 0 Å². The van der Waals surface area contributed by atoms with E-state index in [1.807, 2.05) is 40.7 Å². The molecule has 0 bridgehead atoms. The van der Waals surface area contributed by atoms with Crippen LogP contribution < -0.4 is 14.5 Å². The first-order valence-corrected chi connectivity index (χ1v) is 18.4. The summed E-state index contributed by atoms with van der Waals surface area (Å²) in [6, 6.07) is 22.1. The van der Waals surface area contributed by atoms with Crippen molar-refractivity contribution in [2.24, 2.45) is 0 Å². The smallest absolute Gasteiger partial charge is 0.442 e. The van der Waals surface area contributed by atoms with Crippen LogP contribution in [0.2, 0.25) is 5.02 Å². The Kier molecular flexibility index (Phi) is 10.3. The van der Waals surface area contributed by atoms with Crippen LogP contribution in [0.4, 0.5) is 38.1 Å². The van der Waals surface area contributed by atoms with Crippen molar-refractivity contribution in [1.82, 2.24) is 29.4 Å². The highest BCUT2D eigenvalue weighted by Crippen LogP contribution is 2.34. The van der Waals surface area contributed by atoms with E-state index in [9.17, 15) is 22.4 Å². The number of carbonyl (C=O) groups is 1. The van der Waals surface area contributed by atoms with Crippen LogP contribution in [0, 0.1) is 18.6 Å². The van der Waals surface area contributed by atoms with E-state index in [0.29, 0.717) is 72.4 Å². The van der Waals surface area contributed by atoms with Crippen LogP contribution in [-0.4, -0.2) is 80.7 Å². The van der Waals surface area contributed by atoms with Crippen LogP contribution in [0.15, 0.2) is 97.3 Å². The third kappa shape index (κ3) is 8.27. The van der Waals surface area contributed by atoms with Gasteiger partial charge in [0.05, 0.1) is 47.1 Å². The van der Waals surface area contributed by atoms with Gasteiger partial charge in [0.15, 0.2) is 0 Å². The minimum atomic E-state index is -4.83. The Morgan fingerprint density at radius 3 is 2.37 bits per heavy atom. The normalized spacial score (nSPS) is 16.3. The number of piperazine rings is 1. The van der Waals surface area contributed by atoms with Gasteiger partial charge in [-0.1, -0.05) is 28.9 Å². The van der Waals surface area contributed by atoms with Gasteiger partial charge in [0.25, 0.3) is 0 Å². The van der Waals surface area contributed by atoms with Crippen molar-refractivity contribution >= 4 is 29.1 Å². The quantitative estimate of drug-likeness (QED) is 0.128. The molecule has 57 heavy (non-hydrogen) atoms. The average Bonchev–Trinajstić information content (AvgIpc) is 3.90. The third-order valence-corrected chi connectivity index (χ3v) is 10.3. The van der Waals surface area contributed by atoms with Crippen molar-refractivity contribution in [2.45, 2.75) is 32.5 Å². The van der Waals surface area contributed by atoms with Crippen LogP contribution in [0.25, 0.3) is 28.3 Å². The predicted molar refractivity (Wildman–Crippen MR) is 202 cm³/mol. The maximum absolute atomic E-state index is 15.7. The van der Waals surface area contributed by atoms with Gasteiger partial charge >= 0.3 is 12.5 Å². The lowest BCUT2D eigenvalue weighted by Gasteiger charge is -2.36. The summed E-state index contributed by atoms with van der Waals surface area (Å²) in [7, 11) is 0. The zero-order valence-electron chi connectivity index (χ0n) is 30.3. The molecule has 5 heterocycles. The number of amides is 1. The van der Waals surface area contributed by atoms with Crippen molar-refractivity contribution in [2.75, 3.05) is 42.5 Å². The molecule has 294 valence electrons. The topological polar surface area (TPSA) is 93.8 Å². The van der Waals surface area contributed by atoms with Gasteiger partial charge in [-0.2, -0.15) is 0 Å². The third-order valence-electron chi connectivity index (χ3n) is 9.98. The van der Waals surface area contributed by atoms with Gasteiger partial charge in [0.1, 0.15) is 29.2 Å². The fourth-order valence-corrected chi connectivity index (χ4v) is 7.30. The average molecular weight is 805 g/mol. The van der Waals surface area contributed by atoms with E-state index >= 15 is 4.39 Å². The Morgan fingerprint density at radius 1 is 0.895 bits per heavy atom. The SMILES string of the molecule is Cc1c(CN2CCN(c3ccc(N4C[C@H](Cn5cc(-c6ccccn6)nn5)OC4=O)cc3F)CC2)cc(-c2ccc(Cl)c(F)c2)n1-c1ccc(OC(F)(F)F)cc1. The fourth-order valence-electron chi connectivity index (χ4n) is 7.18. The zero-order valence-corrected chi connectivity index (χ0v) is 31.1. The minimum absolute atomic E-state index is 0.0331. The number of ether oxygens (including phenoxy) is 2. The molecular formula is C40H34ClF5N8O3. The van der Waals surface area contributed by atoms with Crippen LogP contribution >= 0.6 is 11.6 Å². The molecule has 6 aromatic rings. The molecule has 8 rings (SSSR count). The molecule has 3 aromatic heterocycles. The van der Waals surface area contributed by atoms with Crippen molar-refractivity contribution in [3.63, 3.8) is 0 Å². The van der Waals surface area contributed by atoms with Crippen LogP contribution in [-0.2, 0) is 17.8 Å². The molecule has 0 spiro atoms. The molecule has 2 aliphatic heterocycles. The predicted octanol–water partition coefficient (Wildman–Crippen LogP) is 8.28. The first-order chi connectivity index (χ1) is 27.4. The maximum atomic E-state index is 15.7. The lowest BCUT2D eigenvalue weighted by atomic mass is 10.1. The number of halogens is 6. The molecule has 2 fully saturated rings. The van der Waals surface area contributed by atoms with Crippen molar-refractivity contribution < 1.29 is 36.2 Å². The number of anilines is 2. The van der Waals surface area contributed by atoms with Crippen molar-refractivity contribution in [3.8, 4) is 34.1 Å².